The molecule has 3 nitrogen and oxygen atoms in total. The SMILES string of the molecule is CC(C)(C)C(N)c1nc2cc(Br)c(F)cc2[nH]1. The predicted molar refractivity (Wildman–Crippen MR) is 70.1 cm³/mol. The first-order chi connectivity index (χ1) is 7.79. The molecule has 1 aromatic carbocycles. The van der Waals surface area contributed by atoms with Gasteiger partial charge in [-0.1, -0.05) is 20.8 Å². The van der Waals surface area contributed by atoms with Gasteiger partial charge in [0.05, 0.1) is 21.5 Å². The molecule has 1 unspecified atom stereocenters. The van der Waals surface area contributed by atoms with Crippen LogP contribution in [-0.2, 0) is 0 Å². The highest BCUT2D eigenvalue weighted by Gasteiger charge is 2.25. The van der Waals surface area contributed by atoms with Crippen molar-refractivity contribution in [3.05, 3.63) is 28.2 Å². The summed E-state index contributed by atoms with van der Waals surface area (Å²) < 4.78 is 13.8. The fourth-order valence-corrected chi connectivity index (χ4v) is 1.91. The van der Waals surface area contributed by atoms with Crippen LogP contribution in [0.2, 0.25) is 0 Å². The summed E-state index contributed by atoms with van der Waals surface area (Å²) >= 11 is 3.14. The van der Waals surface area contributed by atoms with Crippen molar-refractivity contribution in [2.24, 2.45) is 11.1 Å². The second kappa shape index (κ2) is 4.07. The van der Waals surface area contributed by atoms with E-state index in [9.17, 15) is 4.39 Å². The summed E-state index contributed by atoms with van der Waals surface area (Å²) in [5.74, 6) is 0.377. The molecule has 0 aliphatic rings. The number of nitrogens with two attached hydrogens (primary N) is 1. The minimum Gasteiger partial charge on any atom is -0.341 e. The Hall–Kier alpha value is -0.940. The van der Waals surface area contributed by atoms with Gasteiger partial charge in [-0.2, -0.15) is 0 Å². The Labute approximate surface area is 108 Å². The molecule has 0 bridgehead atoms. The van der Waals surface area contributed by atoms with E-state index in [1.54, 1.807) is 6.07 Å². The summed E-state index contributed by atoms with van der Waals surface area (Å²) in [5, 5.41) is 0. The van der Waals surface area contributed by atoms with Gasteiger partial charge < -0.3 is 10.7 Å². The minimum absolute atomic E-state index is 0.0936. The van der Waals surface area contributed by atoms with Crippen LogP contribution in [0.1, 0.15) is 32.6 Å². The maximum absolute atomic E-state index is 13.4. The maximum Gasteiger partial charge on any atom is 0.139 e. The standard InChI is InChI=1S/C12H15BrFN3/c1-12(2,3)10(15)11-16-8-4-6(13)7(14)5-9(8)17-11/h4-5,10H,15H2,1-3H3,(H,16,17). The van der Waals surface area contributed by atoms with Gasteiger partial charge in [0.25, 0.3) is 0 Å². The lowest BCUT2D eigenvalue weighted by Gasteiger charge is -2.24. The van der Waals surface area contributed by atoms with E-state index in [0.29, 0.717) is 21.3 Å². The summed E-state index contributed by atoms with van der Waals surface area (Å²) in [6.45, 7) is 6.13. The van der Waals surface area contributed by atoms with E-state index in [0.717, 1.165) is 0 Å². The van der Waals surface area contributed by atoms with Crippen LogP contribution in [0.15, 0.2) is 16.6 Å². The number of H-pyrrole nitrogens is 1. The molecule has 0 spiro atoms. The highest BCUT2D eigenvalue weighted by Crippen LogP contribution is 2.30. The quantitative estimate of drug-likeness (QED) is 0.846. The zero-order valence-electron chi connectivity index (χ0n) is 10.0. The Kier molecular flexibility index (Phi) is 2.99. The monoisotopic (exact) mass is 299 g/mol. The highest BCUT2D eigenvalue weighted by molar-refractivity contribution is 9.10. The van der Waals surface area contributed by atoms with E-state index in [-0.39, 0.29) is 17.3 Å². The molecular weight excluding hydrogens is 285 g/mol. The Morgan fingerprint density at radius 3 is 2.65 bits per heavy atom. The number of aromatic amines is 1. The molecule has 0 saturated heterocycles. The first-order valence-electron chi connectivity index (χ1n) is 5.39. The molecule has 92 valence electrons. The summed E-state index contributed by atoms with van der Waals surface area (Å²) in [6, 6.07) is 2.86. The van der Waals surface area contributed by atoms with Crippen LogP contribution < -0.4 is 5.73 Å². The Morgan fingerprint density at radius 2 is 2.06 bits per heavy atom. The first-order valence-corrected chi connectivity index (χ1v) is 6.18. The fourth-order valence-electron chi connectivity index (χ4n) is 1.58. The van der Waals surface area contributed by atoms with E-state index >= 15 is 0 Å². The molecule has 0 radical (unpaired) electrons. The number of halogens is 2. The lowest BCUT2D eigenvalue weighted by molar-refractivity contribution is 0.317. The van der Waals surface area contributed by atoms with Gasteiger partial charge in [0.15, 0.2) is 0 Å². The average molecular weight is 300 g/mol. The summed E-state index contributed by atoms with van der Waals surface area (Å²) in [6.07, 6.45) is 0. The lowest BCUT2D eigenvalue weighted by atomic mass is 9.87. The molecule has 1 heterocycles. The van der Waals surface area contributed by atoms with Crippen LogP contribution in [0, 0.1) is 11.2 Å². The first kappa shape index (κ1) is 12.5. The number of rotatable bonds is 1. The molecule has 0 aliphatic heterocycles. The molecule has 1 aromatic heterocycles. The molecule has 0 saturated carbocycles. The van der Waals surface area contributed by atoms with Crippen molar-refractivity contribution < 1.29 is 4.39 Å². The van der Waals surface area contributed by atoms with Crippen molar-refractivity contribution >= 4 is 27.0 Å². The van der Waals surface area contributed by atoms with Crippen molar-refractivity contribution in [3.8, 4) is 0 Å². The smallest absolute Gasteiger partial charge is 0.139 e. The molecule has 2 aromatic rings. The van der Waals surface area contributed by atoms with Gasteiger partial charge in [0.1, 0.15) is 11.6 Å². The number of fused-ring (bicyclic) bond motifs is 1. The third-order valence-corrected chi connectivity index (χ3v) is 3.38. The minimum atomic E-state index is -0.308. The van der Waals surface area contributed by atoms with E-state index in [4.69, 9.17) is 5.73 Å². The van der Waals surface area contributed by atoms with Gasteiger partial charge in [-0.05, 0) is 27.4 Å². The van der Waals surface area contributed by atoms with E-state index < -0.39 is 0 Å². The third kappa shape index (κ3) is 2.35. The van der Waals surface area contributed by atoms with Crippen LogP contribution in [-0.4, -0.2) is 9.97 Å². The van der Waals surface area contributed by atoms with Crippen molar-refractivity contribution in [1.82, 2.24) is 9.97 Å². The number of benzene rings is 1. The summed E-state index contributed by atoms with van der Waals surface area (Å²) in [5.41, 5.74) is 7.40. The molecule has 0 amide bonds. The number of imidazole rings is 1. The third-order valence-electron chi connectivity index (χ3n) is 2.77. The Morgan fingerprint density at radius 1 is 1.41 bits per heavy atom. The van der Waals surface area contributed by atoms with E-state index in [1.165, 1.54) is 6.07 Å². The second-order valence-corrected chi connectivity index (χ2v) is 6.10. The normalized spacial score (nSPS) is 14.2. The molecule has 1 atom stereocenters. The van der Waals surface area contributed by atoms with Gasteiger partial charge in [-0.25, -0.2) is 9.37 Å². The van der Waals surface area contributed by atoms with Crippen LogP contribution in [0.3, 0.4) is 0 Å². The van der Waals surface area contributed by atoms with Gasteiger partial charge in [-0.3, -0.25) is 0 Å². The van der Waals surface area contributed by atoms with Gasteiger partial charge in [-0.15, -0.1) is 0 Å². The van der Waals surface area contributed by atoms with Crippen LogP contribution in [0.4, 0.5) is 4.39 Å². The number of nitrogens with one attached hydrogen (secondary N) is 1. The second-order valence-electron chi connectivity index (χ2n) is 5.25. The van der Waals surface area contributed by atoms with E-state index in [2.05, 4.69) is 25.9 Å². The number of hydrogen-bond acceptors (Lipinski definition) is 2. The van der Waals surface area contributed by atoms with Crippen molar-refractivity contribution in [3.63, 3.8) is 0 Å². The van der Waals surface area contributed by atoms with Crippen LogP contribution in [0.25, 0.3) is 11.0 Å². The van der Waals surface area contributed by atoms with Crippen molar-refractivity contribution in [1.29, 1.82) is 0 Å². The molecule has 3 N–H and O–H groups in total. The summed E-state index contributed by atoms with van der Waals surface area (Å²) in [4.78, 5) is 7.48. The highest BCUT2D eigenvalue weighted by atomic mass is 79.9. The van der Waals surface area contributed by atoms with Gasteiger partial charge in [0, 0.05) is 6.07 Å². The fraction of sp³-hybridized carbons (Fsp3) is 0.417. The average Bonchev–Trinajstić information content (AvgIpc) is 2.59. The Balaban J connectivity index is 2.52. The summed E-state index contributed by atoms with van der Waals surface area (Å²) in [7, 11) is 0. The molecule has 5 heteroatoms. The zero-order valence-corrected chi connectivity index (χ0v) is 11.6. The number of nitrogens with zero attached hydrogens (tertiary/aromatic N) is 1. The zero-order chi connectivity index (χ0) is 12.8. The maximum atomic E-state index is 13.4. The molecule has 2 rings (SSSR count). The lowest BCUT2D eigenvalue weighted by Crippen LogP contribution is -2.27. The number of aromatic nitrogens is 2. The van der Waals surface area contributed by atoms with Crippen molar-refractivity contribution in [2.45, 2.75) is 26.8 Å². The molecular formula is C12H15BrFN3. The largest absolute Gasteiger partial charge is 0.341 e. The Bertz CT molecular complexity index is 518. The topological polar surface area (TPSA) is 54.7 Å². The van der Waals surface area contributed by atoms with Crippen molar-refractivity contribution in [2.75, 3.05) is 0 Å². The molecule has 17 heavy (non-hydrogen) atoms. The molecule has 0 fully saturated rings. The van der Waals surface area contributed by atoms with E-state index in [1.807, 2.05) is 20.8 Å². The van der Waals surface area contributed by atoms with Crippen LogP contribution in [0.5, 0.6) is 0 Å². The number of hydrogen-bond donors (Lipinski definition) is 2. The van der Waals surface area contributed by atoms with Gasteiger partial charge >= 0.3 is 0 Å². The van der Waals surface area contributed by atoms with Crippen LogP contribution >= 0.6 is 15.9 Å². The van der Waals surface area contributed by atoms with Gasteiger partial charge in [0.2, 0.25) is 0 Å². The molecule has 0 aliphatic carbocycles. The predicted octanol–water partition coefficient (Wildman–Crippen LogP) is 3.51.